The van der Waals surface area contributed by atoms with E-state index in [9.17, 15) is 4.79 Å². The second-order valence-electron chi connectivity index (χ2n) is 5.71. The number of aryl methyl sites for hydroxylation is 1. The quantitative estimate of drug-likeness (QED) is 0.434. The Labute approximate surface area is 130 Å². The third kappa shape index (κ3) is 6.90. The van der Waals surface area contributed by atoms with Gasteiger partial charge in [-0.05, 0) is 31.5 Å². The number of carbonyl (C=O) groups excluding carboxylic acids is 1. The van der Waals surface area contributed by atoms with Gasteiger partial charge in [-0.15, -0.1) is 0 Å². The molecular weight excluding hydrogens is 258 g/mol. The van der Waals surface area contributed by atoms with E-state index in [2.05, 4.69) is 37.8 Å². The van der Waals surface area contributed by atoms with E-state index in [4.69, 9.17) is 0 Å². The van der Waals surface area contributed by atoms with Crippen LogP contribution in [0.25, 0.3) is 0 Å². The van der Waals surface area contributed by atoms with Crippen LogP contribution in [-0.2, 0) is 6.42 Å². The van der Waals surface area contributed by atoms with Gasteiger partial charge in [0.15, 0.2) is 5.78 Å². The molecule has 0 fully saturated rings. The molecule has 0 amide bonds. The van der Waals surface area contributed by atoms with E-state index >= 15 is 0 Å². The smallest absolute Gasteiger partial charge is 0.164 e. The fourth-order valence-corrected chi connectivity index (χ4v) is 2.56. The molecule has 0 heterocycles. The van der Waals surface area contributed by atoms with Crippen molar-refractivity contribution >= 4 is 5.78 Å². The number of ketones is 1. The van der Waals surface area contributed by atoms with Crippen molar-refractivity contribution in [3.05, 3.63) is 35.4 Å². The highest BCUT2D eigenvalue weighted by Crippen LogP contribution is 2.11. The zero-order chi connectivity index (χ0) is 15.5. The summed E-state index contributed by atoms with van der Waals surface area (Å²) in [4.78, 5) is 14.5. The monoisotopic (exact) mass is 289 g/mol. The van der Waals surface area contributed by atoms with Crippen LogP contribution < -0.4 is 0 Å². The molecule has 0 saturated carbocycles. The second kappa shape index (κ2) is 10.6. The first-order chi connectivity index (χ1) is 10.2. The van der Waals surface area contributed by atoms with E-state index in [1.807, 2.05) is 12.1 Å². The molecule has 0 spiro atoms. The number of nitrogens with zero attached hydrogens (tertiary/aromatic N) is 1. The molecule has 0 aliphatic carbocycles. The lowest BCUT2D eigenvalue weighted by molar-refractivity contribution is 0.0966. The molecule has 0 aliphatic heterocycles. The Morgan fingerprint density at radius 3 is 2.19 bits per heavy atom. The lowest BCUT2D eigenvalue weighted by atomic mass is 10.0. The fourth-order valence-electron chi connectivity index (χ4n) is 2.56. The second-order valence-corrected chi connectivity index (χ2v) is 5.71. The van der Waals surface area contributed by atoms with Crippen LogP contribution in [-0.4, -0.2) is 30.3 Å². The number of hydrogen-bond donors (Lipinski definition) is 0. The van der Waals surface area contributed by atoms with Gasteiger partial charge in [0.1, 0.15) is 0 Å². The standard InChI is InChI=1S/C19H31NO/c1-4-7-8-9-10-17-11-13-18(14-12-17)19(21)15-16-20(5-2)6-3/h11-14H,4-10,15-16H2,1-3H3. The van der Waals surface area contributed by atoms with Crippen LogP contribution in [0.4, 0.5) is 0 Å². The summed E-state index contributed by atoms with van der Waals surface area (Å²) in [6, 6.07) is 8.24. The summed E-state index contributed by atoms with van der Waals surface area (Å²) in [5.74, 6) is 0.263. The zero-order valence-corrected chi connectivity index (χ0v) is 14.0. The first-order valence-corrected chi connectivity index (χ1v) is 8.55. The molecule has 0 saturated heterocycles. The SMILES string of the molecule is CCCCCCc1ccc(C(=O)CCN(CC)CC)cc1. The van der Waals surface area contributed by atoms with Crippen molar-refractivity contribution in [1.29, 1.82) is 0 Å². The van der Waals surface area contributed by atoms with Gasteiger partial charge in [-0.3, -0.25) is 4.79 Å². The fraction of sp³-hybridized carbons (Fsp3) is 0.632. The van der Waals surface area contributed by atoms with E-state index in [1.54, 1.807) is 0 Å². The van der Waals surface area contributed by atoms with Crippen molar-refractivity contribution in [3.8, 4) is 0 Å². The summed E-state index contributed by atoms with van der Waals surface area (Å²) < 4.78 is 0. The maximum Gasteiger partial charge on any atom is 0.164 e. The summed E-state index contributed by atoms with van der Waals surface area (Å²) in [6.07, 6.45) is 6.91. The van der Waals surface area contributed by atoms with Crippen LogP contribution >= 0.6 is 0 Å². The van der Waals surface area contributed by atoms with E-state index < -0.39 is 0 Å². The Hall–Kier alpha value is -1.15. The van der Waals surface area contributed by atoms with E-state index in [0.29, 0.717) is 6.42 Å². The maximum absolute atomic E-state index is 12.2. The largest absolute Gasteiger partial charge is 0.303 e. The highest BCUT2D eigenvalue weighted by atomic mass is 16.1. The van der Waals surface area contributed by atoms with Gasteiger partial charge in [-0.25, -0.2) is 0 Å². The molecule has 2 nitrogen and oxygen atoms in total. The average Bonchev–Trinajstić information content (AvgIpc) is 2.53. The van der Waals surface area contributed by atoms with Crippen molar-refractivity contribution in [2.24, 2.45) is 0 Å². The van der Waals surface area contributed by atoms with Crippen LogP contribution in [0.2, 0.25) is 0 Å². The van der Waals surface area contributed by atoms with Gasteiger partial charge in [0.05, 0.1) is 0 Å². The highest BCUT2D eigenvalue weighted by molar-refractivity contribution is 5.96. The van der Waals surface area contributed by atoms with Gasteiger partial charge in [0, 0.05) is 18.5 Å². The first kappa shape index (κ1) is 17.9. The number of rotatable bonds is 11. The summed E-state index contributed by atoms with van der Waals surface area (Å²) >= 11 is 0. The lowest BCUT2D eigenvalue weighted by Gasteiger charge is -2.17. The summed E-state index contributed by atoms with van der Waals surface area (Å²) in [5, 5.41) is 0. The molecule has 118 valence electrons. The topological polar surface area (TPSA) is 20.3 Å². The molecular formula is C19H31NO. The van der Waals surface area contributed by atoms with Gasteiger partial charge in [0.2, 0.25) is 0 Å². The minimum atomic E-state index is 0.263. The van der Waals surface area contributed by atoms with E-state index in [-0.39, 0.29) is 5.78 Å². The molecule has 21 heavy (non-hydrogen) atoms. The molecule has 0 aromatic heterocycles. The molecule has 1 rings (SSSR count). The van der Waals surface area contributed by atoms with Gasteiger partial charge in [-0.2, -0.15) is 0 Å². The molecule has 0 aliphatic rings. The van der Waals surface area contributed by atoms with Crippen LogP contribution in [0.15, 0.2) is 24.3 Å². The van der Waals surface area contributed by atoms with Crippen molar-refractivity contribution in [1.82, 2.24) is 4.90 Å². The predicted octanol–water partition coefficient (Wildman–Crippen LogP) is 4.72. The van der Waals surface area contributed by atoms with Gasteiger partial charge in [0.25, 0.3) is 0 Å². The molecule has 0 unspecified atom stereocenters. The van der Waals surface area contributed by atoms with Crippen molar-refractivity contribution in [3.63, 3.8) is 0 Å². The summed E-state index contributed by atoms with van der Waals surface area (Å²) in [6.45, 7) is 9.41. The predicted molar refractivity (Wildman–Crippen MR) is 91.0 cm³/mol. The van der Waals surface area contributed by atoms with Gasteiger partial charge < -0.3 is 4.90 Å². The van der Waals surface area contributed by atoms with Gasteiger partial charge >= 0.3 is 0 Å². The summed E-state index contributed by atoms with van der Waals surface area (Å²) in [7, 11) is 0. The molecule has 1 aromatic rings. The number of hydrogen-bond acceptors (Lipinski definition) is 2. The maximum atomic E-state index is 12.2. The first-order valence-electron chi connectivity index (χ1n) is 8.55. The molecule has 2 heteroatoms. The zero-order valence-electron chi connectivity index (χ0n) is 14.0. The normalized spacial score (nSPS) is 11.0. The van der Waals surface area contributed by atoms with Crippen LogP contribution in [0.5, 0.6) is 0 Å². The number of unbranched alkanes of at least 4 members (excludes halogenated alkanes) is 3. The Kier molecular flexibility index (Phi) is 9.00. The highest BCUT2D eigenvalue weighted by Gasteiger charge is 2.08. The number of Topliss-reactive ketones (excluding diaryl/α,β-unsaturated/α-hetero) is 1. The number of benzene rings is 1. The average molecular weight is 289 g/mol. The van der Waals surface area contributed by atoms with Crippen molar-refractivity contribution < 1.29 is 4.79 Å². The minimum Gasteiger partial charge on any atom is -0.303 e. The molecule has 1 aromatic carbocycles. The Morgan fingerprint density at radius 2 is 1.62 bits per heavy atom. The lowest BCUT2D eigenvalue weighted by Crippen LogP contribution is -2.25. The summed E-state index contributed by atoms with van der Waals surface area (Å²) in [5.41, 5.74) is 2.21. The Bertz CT molecular complexity index is 393. The molecule has 0 atom stereocenters. The van der Waals surface area contributed by atoms with Crippen molar-refractivity contribution in [2.45, 2.75) is 59.3 Å². The third-order valence-electron chi connectivity index (χ3n) is 4.14. The van der Waals surface area contributed by atoms with Gasteiger partial charge in [-0.1, -0.05) is 64.3 Å². The molecule has 0 radical (unpaired) electrons. The Morgan fingerprint density at radius 1 is 0.952 bits per heavy atom. The molecule has 0 bridgehead atoms. The van der Waals surface area contributed by atoms with Crippen molar-refractivity contribution in [2.75, 3.05) is 19.6 Å². The van der Waals surface area contributed by atoms with E-state index in [1.165, 1.54) is 31.2 Å². The van der Waals surface area contributed by atoms with Crippen LogP contribution in [0.3, 0.4) is 0 Å². The third-order valence-corrected chi connectivity index (χ3v) is 4.14. The van der Waals surface area contributed by atoms with Crippen LogP contribution in [0.1, 0.15) is 68.8 Å². The molecule has 0 N–H and O–H groups in total. The Balaban J connectivity index is 2.40. The minimum absolute atomic E-state index is 0.263. The van der Waals surface area contributed by atoms with Crippen LogP contribution in [0, 0.1) is 0 Å². The number of carbonyl (C=O) groups is 1. The van der Waals surface area contributed by atoms with E-state index in [0.717, 1.165) is 31.6 Å².